The van der Waals surface area contributed by atoms with E-state index < -0.39 is 6.04 Å². The summed E-state index contributed by atoms with van der Waals surface area (Å²) in [7, 11) is 1.55. The molecule has 6 rings (SSSR count). The molecule has 3 heterocycles. The summed E-state index contributed by atoms with van der Waals surface area (Å²) in [6.07, 6.45) is 3.63. The Kier molecular flexibility index (Phi) is 7.07. The van der Waals surface area contributed by atoms with E-state index in [1.807, 2.05) is 12.1 Å². The van der Waals surface area contributed by atoms with E-state index in [-0.39, 0.29) is 25.0 Å². The Hall–Kier alpha value is -3.73. The Labute approximate surface area is 236 Å². The van der Waals surface area contributed by atoms with Crippen molar-refractivity contribution < 1.29 is 24.2 Å². The van der Waals surface area contributed by atoms with E-state index in [4.69, 9.17) is 21.1 Å². The van der Waals surface area contributed by atoms with Crippen LogP contribution in [0.4, 0.5) is 5.95 Å². The maximum absolute atomic E-state index is 13.3. The SMILES string of the molecule is COc1cccc([C@@H](CO)NC(=O)CN2Cc3ccc(-c4nc(NC5CC6(COC6)C5)ncc4Cl)cc3C2=O)c1. The second-order valence-corrected chi connectivity index (χ2v) is 11.2. The smallest absolute Gasteiger partial charge is 0.254 e. The van der Waals surface area contributed by atoms with Gasteiger partial charge in [-0.2, -0.15) is 0 Å². The highest BCUT2D eigenvalue weighted by Crippen LogP contribution is 2.47. The topological polar surface area (TPSA) is 126 Å². The fraction of sp³-hybridized carbons (Fsp3) is 0.379. The third kappa shape index (κ3) is 5.10. The summed E-state index contributed by atoms with van der Waals surface area (Å²) in [5.41, 5.74) is 3.59. The number of anilines is 1. The number of rotatable bonds is 9. The van der Waals surface area contributed by atoms with Gasteiger partial charge in [0.2, 0.25) is 11.9 Å². The number of carbonyl (C=O) groups excluding carboxylic acids is 2. The zero-order chi connectivity index (χ0) is 27.9. The standard InChI is InChI=1S/C29H30ClN5O5/c1-39-21-4-2-3-17(7-21)24(14-36)33-25(37)13-35-12-19-6-5-18(8-22(19)27(35)38)26-23(30)11-31-28(34-26)32-20-9-29(10-20)15-40-16-29/h2-8,11,20,24,36H,9-10,12-16H2,1H3,(H,33,37)(H,31,32,34)/t24-/m1/s1. The molecule has 1 atom stereocenters. The molecule has 3 aliphatic rings. The van der Waals surface area contributed by atoms with Crippen molar-refractivity contribution in [3.05, 3.63) is 70.4 Å². The Morgan fingerprint density at radius 1 is 1.27 bits per heavy atom. The molecule has 1 aliphatic carbocycles. The lowest BCUT2D eigenvalue weighted by Gasteiger charge is -2.53. The molecule has 1 saturated carbocycles. The first-order valence-corrected chi connectivity index (χ1v) is 13.6. The maximum Gasteiger partial charge on any atom is 0.254 e. The van der Waals surface area contributed by atoms with Crippen LogP contribution in [0.25, 0.3) is 11.3 Å². The molecule has 2 aliphatic heterocycles. The number of hydrogen-bond acceptors (Lipinski definition) is 8. The van der Waals surface area contributed by atoms with Crippen LogP contribution < -0.4 is 15.4 Å². The van der Waals surface area contributed by atoms with Crippen molar-refractivity contribution in [2.75, 3.05) is 38.8 Å². The van der Waals surface area contributed by atoms with Gasteiger partial charge in [-0.3, -0.25) is 9.59 Å². The minimum atomic E-state index is -0.621. The lowest BCUT2D eigenvalue weighted by atomic mass is 9.64. The Morgan fingerprint density at radius 3 is 2.83 bits per heavy atom. The first-order chi connectivity index (χ1) is 19.4. The number of hydrogen-bond donors (Lipinski definition) is 3. The largest absolute Gasteiger partial charge is 0.497 e. The van der Waals surface area contributed by atoms with Gasteiger partial charge in [0, 0.05) is 29.1 Å². The second kappa shape index (κ2) is 10.7. The molecule has 3 N–H and O–H groups in total. The lowest BCUT2D eigenvalue weighted by molar-refractivity contribution is -0.160. The molecule has 208 valence electrons. The fourth-order valence-electron chi connectivity index (χ4n) is 5.68. The van der Waals surface area contributed by atoms with Gasteiger partial charge in [0.05, 0.1) is 49.9 Å². The Morgan fingerprint density at radius 2 is 2.10 bits per heavy atom. The molecule has 2 aromatic carbocycles. The van der Waals surface area contributed by atoms with Crippen LogP contribution in [-0.2, 0) is 16.1 Å². The number of methoxy groups -OCH3 is 1. The second-order valence-electron chi connectivity index (χ2n) is 10.7. The third-order valence-electron chi connectivity index (χ3n) is 7.86. The number of carbonyl (C=O) groups is 2. The van der Waals surface area contributed by atoms with Crippen LogP contribution in [0.1, 0.15) is 40.4 Å². The van der Waals surface area contributed by atoms with Gasteiger partial charge in [-0.25, -0.2) is 9.97 Å². The van der Waals surface area contributed by atoms with Crippen LogP contribution in [0.15, 0.2) is 48.7 Å². The Balaban J connectivity index is 1.12. The Bertz CT molecular complexity index is 1450. The molecular weight excluding hydrogens is 534 g/mol. The number of ether oxygens (including phenoxy) is 2. The average molecular weight is 564 g/mol. The van der Waals surface area contributed by atoms with Crippen molar-refractivity contribution >= 4 is 29.4 Å². The van der Waals surface area contributed by atoms with Gasteiger partial charge in [0.1, 0.15) is 12.3 Å². The molecule has 1 aromatic heterocycles. The van der Waals surface area contributed by atoms with Crippen LogP contribution in [0.2, 0.25) is 5.02 Å². The predicted molar refractivity (Wildman–Crippen MR) is 148 cm³/mol. The van der Waals surface area contributed by atoms with Crippen molar-refractivity contribution in [2.24, 2.45) is 5.41 Å². The van der Waals surface area contributed by atoms with Gasteiger partial charge < -0.3 is 30.1 Å². The summed E-state index contributed by atoms with van der Waals surface area (Å²) in [5.74, 6) is 0.501. The van der Waals surface area contributed by atoms with Gasteiger partial charge in [-0.05, 0) is 42.2 Å². The van der Waals surface area contributed by atoms with E-state index in [0.29, 0.717) is 57.1 Å². The number of aromatic nitrogens is 2. The number of aliphatic hydroxyl groups excluding tert-OH is 1. The van der Waals surface area contributed by atoms with Crippen LogP contribution in [0, 0.1) is 5.41 Å². The van der Waals surface area contributed by atoms with Gasteiger partial charge in [-0.1, -0.05) is 35.9 Å². The molecule has 1 spiro atoms. The summed E-state index contributed by atoms with van der Waals surface area (Å²) in [4.78, 5) is 36.6. The third-order valence-corrected chi connectivity index (χ3v) is 8.14. The molecule has 3 aromatic rings. The highest BCUT2D eigenvalue weighted by atomic mass is 35.5. The molecule has 1 saturated heterocycles. The number of nitrogens with one attached hydrogen (secondary N) is 2. The van der Waals surface area contributed by atoms with E-state index in [0.717, 1.165) is 31.6 Å². The predicted octanol–water partition coefficient (Wildman–Crippen LogP) is 3.20. The highest BCUT2D eigenvalue weighted by molar-refractivity contribution is 6.33. The van der Waals surface area contributed by atoms with Crippen LogP contribution >= 0.6 is 11.6 Å². The zero-order valence-electron chi connectivity index (χ0n) is 22.0. The molecule has 0 bridgehead atoms. The minimum Gasteiger partial charge on any atom is -0.497 e. The highest BCUT2D eigenvalue weighted by Gasteiger charge is 2.50. The molecule has 40 heavy (non-hydrogen) atoms. The molecule has 0 unspecified atom stereocenters. The summed E-state index contributed by atoms with van der Waals surface area (Å²) in [6, 6.07) is 12.3. The van der Waals surface area contributed by atoms with Crippen molar-refractivity contribution in [2.45, 2.75) is 31.5 Å². The zero-order valence-corrected chi connectivity index (χ0v) is 22.8. The van der Waals surface area contributed by atoms with Gasteiger partial charge in [-0.15, -0.1) is 0 Å². The summed E-state index contributed by atoms with van der Waals surface area (Å²) < 4.78 is 10.6. The first kappa shape index (κ1) is 26.5. The van der Waals surface area contributed by atoms with Crippen LogP contribution in [0.5, 0.6) is 5.75 Å². The number of nitrogens with zero attached hydrogens (tertiary/aromatic N) is 3. The van der Waals surface area contributed by atoms with Crippen LogP contribution in [0.3, 0.4) is 0 Å². The van der Waals surface area contributed by atoms with Gasteiger partial charge >= 0.3 is 0 Å². The van der Waals surface area contributed by atoms with E-state index >= 15 is 0 Å². The summed E-state index contributed by atoms with van der Waals surface area (Å²) in [6.45, 7) is 1.53. The first-order valence-electron chi connectivity index (χ1n) is 13.2. The fourth-order valence-corrected chi connectivity index (χ4v) is 5.88. The number of aliphatic hydroxyl groups is 1. The van der Waals surface area contributed by atoms with Gasteiger partial charge in [0.15, 0.2) is 0 Å². The molecule has 0 radical (unpaired) electrons. The molecule has 2 amide bonds. The van der Waals surface area contributed by atoms with E-state index in [9.17, 15) is 14.7 Å². The number of halogens is 1. The quantitative estimate of drug-likeness (QED) is 0.362. The monoisotopic (exact) mass is 563 g/mol. The van der Waals surface area contributed by atoms with Crippen molar-refractivity contribution in [1.29, 1.82) is 0 Å². The maximum atomic E-state index is 13.3. The van der Waals surface area contributed by atoms with Gasteiger partial charge in [0.25, 0.3) is 5.91 Å². The average Bonchev–Trinajstić information content (AvgIpc) is 3.22. The van der Waals surface area contributed by atoms with E-state index in [1.54, 1.807) is 43.6 Å². The summed E-state index contributed by atoms with van der Waals surface area (Å²) >= 11 is 6.46. The molecular formula is C29H30ClN5O5. The molecule has 10 nitrogen and oxygen atoms in total. The van der Waals surface area contributed by atoms with Crippen molar-refractivity contribution in [3.63, 3.8) is 0 Å². The molecule has 11 heteroatoms. The number of fused-ring (bicyclic) bond motifs is 1. The summed E-state index contributed by atoms with van der Waals surface area (Å²) in [5, 5.41) is 16.4. The van der Waals surface area contributed by atoms with Crippen molar-refractivity contribution in [1.82, 2.24) is 20.2 Å². The van der Waals surface area contributed by atoms with E-state index in [2.05, 4.69) is 20.6 Å². The molecule has 2 fully saturated rings. The number of amides is 2. The lowest BCUT2D eigenvalue weighted by Crippen LogP contribution is -2.56. The van der Waals surface area contributed by atoms with E-state index in [1.165, 1.54) is 4.90 Å². The normalized spacial score (nSPS) is 18.1. The van der Waals surface area contributed by atoms with Crippen LogP contribution in [-0.4, -0.2) is 71.3 Å². The number of benzene rings is 2. The van der Waals surface area contributed by atoms with Crippen molar-refractivity contribution in [3.8, 4) is 17.0 Å². The minimum absolute atomic E-state index is 0.139.